The van der Waals surface area contributed by atoms with E-state index in [0.717, 1.165) is 12.0 Å². The zero-order valence-corrected chi connectivity index (χ0v) is 26.1. The average Bonchev–Trinajstić information content (AvgIpc) is 2.92. The second-order valence-corrected chi connectivity index (χ2v) is 11.9. The van der Waals surface area contributed by atoms with Crippen molar-refractivity contribution in [3.05, 3.63) is 23.3 Å². The number of aryl methyl sites for hydroxylation is 1. The van der Waals surface area contributed by atoms with Crippen LogP contribution in [-0.2, 0) is 23.9 Å². The van der Waals surface area contributed by atoms with E-state index in [-0.39, 0.29) is 49.4 Å². The largest absolute Gasteiger partial charge is 0.475 e. The molecule has 1 N–H and O–H groups in total. The van der Waals surface area contributed by atoms with E-state index in [0.29, 0.717) is 55.6 Å². The van der Waals surface area contributed by atoms with Crippen LogP contribution in [0.25, 0.3) is 0 Å². The van der Waals surface area contributed by atoms with Crippen molar-refractivity contribution < 1.29 is 38.2 Å². The molecule has 0 bridgehead atoms. The SMILES string of the molecule is CCC(=O)NCCN1C(=O)C2(CCC2)Oc2cc(C)c(C(=O)N(C(C)C)[C@@H]3CCCN(C(=O)OC(C)OC(C)=O)C3)cc21. The van der Waals surface area contributed by atoms with Gasteiger partial charge in [-0.3, -0.25) is 19.2 Å². The smallest absolute Gasteiger partial charge is 0.412 e. The Morgan fingerprint density at radius 2 is 1.86 bits per heavy atom. The van der Waals surface area contributed by atoms with E-state index in [2.05, 4.69) is 5.32 Å². The molecule has 1 aliphatic carbocycles. The van der Waals surface area contributed by atoms with E-state index in [1.54, 1.807) is 22.8 Å². The number of fused-ring (bicyclic) bond motifs is 1. The summed E-state index contributed by atoms with van der Waals surface area (Å²) in [4.78, 5) is 68.7. The molecule has 1 aromatic carbocycles. The Kier molecular flexibility index (Phi) is 9.86. The Bertz CT molecular complexity index is 1260. The first-order chi connectivity index (χ1) is 20.4. The van der Waals surface area contributed by atoms with Crippen molar-refractivity contribution in [1.29, 1.82) is 0 Å². The molecule has 2 heterocycles. The highest BCUT2D eigenvalue weighted by Gasteiger charge is 2.52. The fraction of sp³-hybridized carbons (Fsp3) is 0.645. The molecule has 2 aliphatic heterocycles. The van der Waals surface area contributed by atoms with Crippen LogP contribution in [0.1, 0.15) is 89.1 Å². The number of carbonyl (C=O) groups is 5. The quantitative estimate of drug-likeness (QED) is 0.336. The normalized spacial score (nSPS) is 19.6. The van der Waals surface area contributed by atoms with Gasteiger partial charge in [-0.2, -0.15) is 0 Å². The summed E-state index contributed by atoms with van der Waals surface area (Å²) in [6, 6.07) is 3.10. The predicted octanol–water partition coefficient (Wildman–Crippen LogP) is 3.53. The summed E-state index contributed by atoms with van der Waals surface area (Å²) < 4.78 is 16.5. The molecule has 1 saturated heterocycles. The van der Waals surface area contributed by atoms with E-state index in [1.165, 1.54) is 18.7 Å². The summed E-state index contributed by atoms with van der Waals surface area (Å²) in [6.45, 7) is 11.5. The molecular formula is C31H44N4O8. The Hall–Kier alpha value is -3.83. The zero-order valence-electron chi connectivity index (χ0n) is 26.1. The number of esters is 1. The fourth-order valence-corrected chi connectivity index (χ4v) is 6.05. The number of nitrogens with zero attached hydrogens (tertiary/aromatic N) is 3. The van der Waals surface area contributed by atoms with Crippen LogP contribution in [0.3, 0.4) is 0 Å². The van der Waals surface area contributed by atoms with Crippen molar-refractivity contribution >= 4 is 35.5 Å². The van der Waals surface area contributed by atoms with Gasteiger partial charge in [-0.05, 0) is 70.6 Å². The third-order valence-electron chi connectivity index (χ3n) is 8.34. The van der Waals surface area contributed by atoms with Gasteiger partial charge in [-0.1, -0.05) is 6.92 Å². The summed E-state index contributed by atoms with van der Waals surface area (Å²) in [5.74, 6) is -0.450. The highest BCUT2D eigenvalue weighted by atomic mass is 16.7. The van der Waals surface area contributed by atoms with Gasteiger partial charge in [0.25, 0.3) is 11.8 Å². The Labute approximate surface area is 253 Å². The second-order valence-electron chi connectivity index (χ2n) is 11.9. The number of benzene rings is 1. The van der Waals surface area contributed by atoms with Crippen LogP contribution in [0.4, 0.5) is 10.5 Å². The molecule has 2 atom stereocenters. The second kappa shape index (κ2) is 13.2. The van der Waals surface area contributed by atoms with Crippen molar-refractivity contribution in [2.45, 2.75) is 104 Å². The summed E-state index contributed by atoms with van der Waals surface area (Å²) in [5, 5.41) is 2.84. The topological polar surface area (TPSA) is 135 Å². The van der Waals surface area contributed by atoms with Crippen LogP contribution in [0.15, 0.2) is 12.1 Å². The van der Waals surface area contributed by atoms with Gasteiger partial charge >= 0.3 is 12.1 Å². The molecule has 1 saturated carbocycles. The average molecular weight is 601 g/mol. The number of anilines is 1. The minimum Gasteiger partial charge on any atom is -0.475 e. The first-order valence-electron chi connectivity index (χ1n) is 15.2. The van der Waals surface area contributed by atoms with E-state index in [9.17, 15) is 24.0 Å². The minimum absolute atomic E-state index is 0.0992. The number of amides is 4. The lowest BCUT2D eigenvalue weighted by atomic mass is 9.77. The van der Waals surface area contributed by atoms with Crippen molar-refractivity contribution in [2.24, 2.45) is 0 Å². The lowest BCUT2D eigenvalue weighted by molar-refractivity contribution is -0.163. The van der Waals surface area contributed by atoms with Gasteiger partial charge in [0.2, 0.25) is 12.2 Å². The molecule has 3 aliphatic rings. The third kappa shape index (κ3) is 6.88. The van der Waals surface area contributed by atoms with Crippen LogP contribution in [0.5, 0.6) is 5.75 Å². The lowest BCUT2D eigenvalue weighted by Crippen LogP contribution is -2.61. The summed E-state index contributed by atoms with van der Waals surface area (Å²) in [5.41, 5.74) is 0.787. The van der Waals surface area contributed by atoms with Gasteiger partial charge in [-0.15, -0.1) is 0 Å². The highest BCUT2D eigenvalue weighted by molar-refractivity contribution is 6.05. The molecule has 0 aromatic heterocycles. The molecule has 12 nitrogen and oxygen atoms in total. The van der Waals surface area contributed by atoms with Crippen LogP contribution in [0, 0.1) is 6.92 Å². The van der Waals surface area contributed by atoms with E-state index in [4.69, 9.17) is 14.2 Å². The monoisotopic (exact) mass is 600 g/mol. The number of ether oxygens (including phenoxy) is 3. The van der Waals surface area contributed by atoms with Gasteiger partial charge in [0.05, 0.1) is 11.7 Å². The molecule has 1 aromatic rings. The number of likely N-dealkylation sites (tertiary alicyclic amines) is 1. The molecular weight excluding hydrogens is 556 g/mol. The maximum Gasteiger partial charge on any atom is 0.412 e. The number of nitrogens with one attached hydrogen (secondary N) is 1. The summed E-state index contributed by atoms with van der Waals surface area (Å²) >= 11 is 0. The molecule has 236 valence electrons. The molecule has 4 rings (SSSR count). The number of hydrogen-bond acceptors (Lipinski definition) is 8. The molecule has 2 fully saturated rings. The predicted molar refractivity (Wildman–Crippen MR) is 158 cm³/mol. The standard InChI is InChI=1S/C31H44N4O8/c1-7-27(37)32-13-15-34-25-17-24(20(4)16-26(25)43-31(29(34)39)11-9-12-31)28(38)35(19(2)3)23-10-8-14-33(18-23)30(40)42-22(6)41-21(5)36/h16-17,19,22-23H,7-15,18H2,1-6H3,(H,32,37)/t22?,23-/m1/s1. The Morgan fingerprint density at radius 1 is 1.14 bits per heavy atom. The van der Waals surface area contributed by atoms with E-state index < -0.39 is 24.0 Å². The molecule has 1 spiro atoms. The maximum absolute atomic E-state index is 14.2. The zero-order chi connectivity index (χ0) is 31.5. The number of carbonyl (C=O) groups excluding carboxylic acids is 5. The highest BCUT2D eigenvalue weighted by Crippen LogP contribution is 2.47. The van der Waals surface area contributed by atoms with Crippen LogP contribution >= 0.6 is 0 Å². The third-order valence-corrected chi connectivity index (χ3v) is 8.34. The summed E-state index contributed by atoms with van der Waals surface area (Å²) in [6.07, 6.45) is 2.25. The Morgan fingerprint density at radius 3 is 2.47 bits per heavy atom. The number of rotatable bonds is 9. The maximum atomic E-state index is 14.2. The first kappa shape index (κ1) is 32.1. The van der Waals surface area contributed by atoms with Crippen molar-refractivity contribution in [3.63, 3.8) is 0 Å². The minimum atomic E-state index is -1.02. The molecule has 0 radical (unpaired) electrons. The fourth-order valence-electron chi connectivity index (χ4n) is 6.05. The van der Waals surface area contributed by atoms with E-state index in [1.807, 2.05) is 26.8 Å². The lowest BCUT2D eigenvalue weighted by Gasteiger charge is -2.47. The number of piperidine rings is 1. The number of hydrogen-bond donors (Lipinski definition) is 1. The van der Waals surface area contributed by atoms with Gasteiger partial charge in [-0.25, -0.2) is 4.79 Å². The van der Waals surface area contributed by atoms with Gasteiger partial charge in [0.1, 0.15) is 5.75 Å². The van der Waals surface area contributed by atoms with Crippen molar-refractivity contribution in [2.75, 3.05) is 31.1 Å². The van der Waals surface area contributed by atoms with Crippen LogP contribution in [-0.4, -0.2) is 89.7 Å². The Balaban J connectivity index is 1.58. The van der Waals surface area contributed by atoms with Crippen molar-refractivity contribution in [1.82, 2.24) is 15.1 Å². The van der Waals surface area contributed by atoms with Gasteiger partial charge in [0, 0.05) is 58.1 Å². The van der Waals surface area contributed by atoms with Crippen LogP contribution < -0.4 is 15.0 Å². The van der Waals surface area contributed by atoms with Gasteiger partial charge in [0.15, 0.2) is 5.60 Å². The van der Waals surface area contributed by atoms with Crippen molar-refractivity contribution in [3.8, 4) is 5.75 Å². The molecule has 43 heavy (non-hydrogen) atoms. The first-order valence-corrected chi connectivity index (χ1v) is 15.2. The van der Waals surface area contributed by atoms with Crippen LogP contribution in [0.2, 0.25) is 0 Å². The van der Waals surface area contributed by atoms with E-state index >= 15 is 0 Å². The van der Waals surface area contributed by atoms with Gasteiger partial charge < -0.3 is 34.2 Å². The molecule has 12 heteroatoms. The summed E-state index contributed by atoms with van der Waals surface area (Å²) in [7, 11) is 0. The molecule has 4 amide bonds. The molecule has 1 unspecified atom stereocenters.